The van der Waals surface area contributed by atoms with E-state index in [4.69, 9.17) is 0 Å². The Bertz CT molecular complexity index is 1150. The van der Waals surface area contributed by atoms with Crippen LogP contribution in [0.3, 0.4) is 0 Å². The Morgan fingerprint density at radius 3 is 2.00 bits per heavy atom. The summed E-state index contributed by atoms with van der Waals surface area (Å²) in [6, 6.07) is 16.3. The molecular formula is C18H10F8IrNP-. The first-order chi connectivity index (χ1) is 13.2. The summed E-state index contributed by atoms with van der Waals surface area (Å²) in [4.78, 5) is 0. The Balaban J connectivity index is 0.000000298. The van der Waals surface area contributed by atoms with E-state index in [9.17, 15) is 34.0 Å². The van der Waals surface area contributed by atoms with E-state index in [-0.39, 0.29) is 0 Å². The van der Waals surface area contributed by atoms with Crippen molar-refractivity contribution in [3.05, 3.63) is 77.4 Å². The first-order valence-corrected chi connectivity index (χ1v) is 12.0. The molecule has 0 aliphatic heterocycles. The molecule has 4 rings (SSSR count). The zero-order valence-electron chi connectivity index (χ0n) is 14.0. The van der Waals surface area contributed by atoms with Gasteiger partial charge in [0.1, 0.15) is 0 Å². The second-order valence-corrected chi connectivity index (χ2v) is 10.2. The van der Waals surface area contributed by atoms with Gasteiger partial charge >= 0.3 is 167 Å². The predicted octanol–water partition coefficient (Wildman–Crippen LogP) is 8.91. The summed E-state index contributed by atoms with van der Waals surface area (Å²) in [6.07, 6.45) is 2.17. The minimum absolute atomic E-state index is 0.503. The van der Waals surface area contributed by atoms with E-state index in [0.29, 0.717) is 5.69 Å². The molecule has 0 saturated heterocycles. The second kappa shape index (κ2) is 6.76. The fourth-order valence-corrected chi connectivity index (χ4v) is 4.81. The zero-order valence-corrected chi connectivity index (χ0v) is 17.3. The quantitative estimate of drug-likeness (QED) is 0.202. The van der Waals surface area contributed by atoms with Gasteiger partial charge in [-0.25, -0.2) is 0 Å². The Morgan fingerprint density at radius 2 is 1.38 bits per heavy atom. The van der Waals surface area contributed by atoms with Gasteiger partial charge in [0.25, 0.3) is 0 Å². The molecule has 1 nitrogen and oxygen atoms in total. The summed E-state index contributed by atoms with van der Waals surface area (Å²) < 4.78 is 91.1. The van der Waals surface area contributed by atoms with Crippen LogP contribution in [0, 0.1) is 11.6 Å². The van der Waals surface area contributed by atoms with E-state index in [1.807, 2.05) is 12.1 Å². The summed E-state index contributed by atoms with van der Waals surface area (Å²) in [6.45, 7) is 0. The monoisotopic (exact) mass is 616 g/mol. The van der Waals surface area contributed by atoms with E-state index in [1.54, 1.807) is 0 Å². The molecule has 0 spiro atoms. The average Bonchev–Trinajstić information content (AvgIpc) is 2.94. The number of benzene rings is 3. The van der Waals surface area contributed by atoms with Crippen molar-refractivity contribution in [2.24, 2.45) is 3.61 Å². The molecule has 1 aliphatic rings. The van der Waals surface area contributed by atoms with Crippen molar-refractivity contribution in [3.63, 3.8) is 0 Å². The number of hydrogen-bond acceptors (Lipinski definition) is 1. The van der Waals surface area contributed by atoms with Gasteiger partial charge in [-0.3, -0.25) is 0 Å². The molecule has 0 saturated carbocycles. The Kier molecular flexibility index (Phi) is 5.05. The van der Waals surface area contributed by atoms with Crippen molar-refractivity contribution in [3.8, 4) is 0 Å². The summed E-state index contributed by atoms with van der Waals surface area (Å²) >= 11 is -0.809. The van der Waals surface area contributed by atoms with Gasteiger partial charge < -0.3 is 0 Å². The number of nitrogens with zero attached hydrogens (tertiary/aromatic N) is 1. The molecule has 158 valence electrons. The molecule has 0 bridgehead atoms. The standard InChI is InChI=1S/C12H7.C6H3F2N.F6P.Ir/c1-3-9-4-2-6-11-8-7-10(5-1)12(9)11;7-5-2-1-4(9)3-6(5)8;1-7(2,3,4,5)6;/h1-7H;1-3H;;/q;;-1;. The Morgan fingerprint density at radius 1 is 0.759 bits per heavy atom. The van der Waals surface area contributed by atoms with Crippen molar-refractivity contribution in [2.75, 3.05) is 0 Å². The molecule has 3 aromatic carbocycles. The maximum absolute atomic E-state index is 13.2. The summed E-state index contributed by atoms with van der Waals surface area (Å²) in [5, 5.41) is 2.49. The molecule has 1 aliphatic carbocycles. The maximum atomic E-state index is 13.2. The summed E-state index contributed by atoms with van der Waals surface area (Å²) in [7, 11) is -10.7. The SMILES string of the molecule is F[P-](F)(F)(F)(F)F.Fc1ccc([N]=[Ir][C]2=Cc3cccc4cccc2c34)cc1F. The molecule has 0 unspecified atom stereocenters. The van der Waals surface area contributed by atoms with E-state index in [1.165, 1.54) is 32.1 Å². The molecule has 0 atom stereocenters. The van der Waals surface area contributed by atoms with Crippen LogP contribution in [-0.2, 0) is 17.5 Å². The first kappa shape index (κ1) is 21.7. The minimum atomic E-state index is -10.7. The number of rotatable bonds is 2. The van der Waals surface area contributed by atoms with Gasteiger partial charge in [0.05, 0.1) is 0 Å². The average molecular weight is 615 g/mol. The van der Waals surface area contributed by atoms with Crippen LogP contribution in [0.5, 0.6) is 0 Å². The van der Waals surface area contributed by atoms with Gasteiger partial charge in [0.2, 0.25) is 0 Å². The Hall–Kier alpha value is -2.02. The molecule has 0 fully saturated rings. The van der Waals surface area contributed by atoms with E-state index >= 15 is 0 Å². The zero-order chi connectivity index (χ0) is 21.5. The van der Waals surface area contributed by atoms with Gasteiger partial charge in [-0.2, -0.15) is 0 Å². The molecule has 0 heterocycles. The molecule has 0 amide bonds. The van der Waals surface area contributed by atoms with Crippen molar-refractivity contribution in [1.82, 2.24) is 0 Å². The van der Waals surface area contributed by atoms with Crippen LogP contribution in [0.25, 0.3) is 20.9 Å². The van der Waals surface area contributed by atoms with Crippen molar-refractivity contribution >= 4 is 34.4 Å². The van der Waals surface area contributed by atoms with E-state index in [2.05, 4.69) is 34.0 Å². The van der Waals surface area contributed by atoms with Crippen LogP contribution >= 0.6 is 7.81 Å². The normalized spacial score (nSPS) is 16.1. The molecule has 11 heteroatoms. The topological polar surface area (TPSA) is 12.4 Å². The third kappa shape index (κ3) is 6.49. The van der Waals surface area contributed by atoms with Crippen LogP contribution in [-0.4, -0.2) is 0 Å². The van der Waals surface area contributed by atoms with Gasteiger partial charge in [-0.15, -0.1) is 0 Å². The molecule has 29 heavy (non-hydrogen) atoms. The molecule has 0 radical (unpaired) electrons. The second-order valence-electron chi connectivity index (χ2n) is 5.92. The predicted molar refractivity (Wildman–Crippen MR) is 93.8 cm³/mol. The fraction of sp³-hybridized carbons (Fsp3) is 0. The van der Waals surface area contributed by atoms with E-state index in [0.717, 1.165) is 12.1 Å². The third-order valence-corrected chi connectivity index (χ3v) is 6.02. The van der Waals surface area contributed by atoms with Gasteiger partial charge in [0, 0.05) is 0 Å². The molecule has 0 N–H and O–H groups in total. The van der Waals surface area contributed by atoms with Crippen LogP contribution in [0.2, 0.25) is 0 Å². The molecular weight excluding hydrogens is 605 g/mol. The van der Waals surface area contributed by atoms with Gasteiger partial charge in [-0.1, -0.05) is 0 Å². The summed E-state index contributed by atoms with van der Waals surface area (Å²) in [5.41, 5.74) is 2.94. The van der Waals surface area contributed by atoms with Crippen LogP contribution < -0.4 is 0 Å². The van der Waals surface area contributed by atoms with Crippen molar-refractivity contribution in [1.29, 1.82) is 0 Å². The molecule has 3 aromatic rings. The van der Waals surface area contributed by atoms with Crippen molar-refractivity contribution < 1.29 is 51.5 Å². The third-order valence-electron chi connectivity index (χ3n) is 3.56. The van der Waals surface area contributed by atoms with Crippen molar-refractivity contribution in [2.45, 2.75) is 0 Å². The Labute approximate surface area is 167 Å². The fourth-order valence-electron chi connectivity index (χ4n) is 2.56. The van der Waals surface area contributed by atoms with Gasteiger partial charge in [-0.05, 0) is 0 Å². The van der Waals surface area contributed by atoms with Crippen LogP contribution in [0.1, 0.15) is 11.1 Å². The number of hydrogen-bond donors (Lipinski definition) is 0. The van der Waals surface area contributed by atoms with Crippen LogP contribution in [0.4, 0.5) is 39.6 Å². The van der Waals surface area contributed by atoms with Crippen LogP contribution in [0.15, 0.2) is 58.2 Å². The molecule has 0 aromatic heterocycles. The van der Waals surface area contributed by atoms with Gasteiger partial charge in [0.15, 0.2) is 0 Å². The van der Waals surface area contributed by atoms with E-state index < -0.39 is 37.0 Å². The number of halogens is 8. The summed E-state index contributed by atoms with van der Waals surface area (Å²) in [5.74, 6) is -1.69. The first-order valence-electron chi connectivity index (χ1n) is 7.73.